The Hall–Kier alpha value is -0.170. The van der Waals surface area contributed by atoms with E-state index >= 15 is 0 Å². The molecule has 2 atom stereocenters. The van der Waals surface area contributed by atoms with E-state index in [0.29, 0.717) is 24.9 Å². The highest BCUT2D eigenvalue weighted by atomic mass is 32.2. The van der Waals surface area contributed by atoms with Crippen LogP contribution in [0.15, 0.2) is 0 Å². The number of piperidine rings is 1. The molecule has 1 fully saturated rings. The van der Waals surface area contributed by atoms with Gasteiger partial charge in [-0.05, 0) is 31.3 Å². The van der Waals surface area contributed by atoms with Crippen LogP contribution in [0.25, 0.3) is 0 Å². The van der Waals surface area contributed by atoms with Crippen LogP contribution in [-0.4, -0.2) is 34.6 Å². The minimum Gasteiger partial charge on any atom is -0.316 e. The van der Waals surface area contributed by atoms with Gasteiger partial charge in [-0.15, -0.1) is 0 Å². The van der Waals surface area contributed by atoms with Crippen molar-refractivity contribution in [2.24, 2.45) is 11.8 Å². The van der Waals surface area contributed by atoms with Gasteiger partial charge in [-0.3, -0.25) is 0 Å². The molecule has 15 heavy (non-hydrogen) atoms. The number of nitrogens with one attached hydrogen (secondary N) is 3. The van der Waals surface area contributed by atoms with Gasteiger partial charge in [-0.2, -0.15) is 8.42 Å². The Bertz CT molecular complexity index is 279. The normalized spacial score (nSPS) is 27.9. The standard InChI is InChI=1S/C9H21N3O2S/c1-3-11-15(13,14)12-7-9-4-5-10-6-8(9)2/h8-12H,3-7H2,1-2H3. The molecule has 5 nitrogen and oxygen atoms in total. The average molecular weight is 235 g/mol. The largest absolute Gasteiger partial charge is 0.316 e. The summed E-state index contributed by atoms with van der Waals surface area (Å²) < 4.78 is 27.7. The molecular formula is C9H21N3O2S. The first-order chi connectivity index (χ1) is 7.05. The molecule has 2 unspecified atom stereocenters. The molecule has 1 saturated heterocycles. The summed E-state index contributed by atoms with van der Waals surface area (Å²) in [5, 5.41) is 3.29. The highest BCUT2D eigenvalue weighted by molar-refractivity contribution is 7.87. The van der Waals surface area contributed by atoms with Crippen molar-refractivity contribution in [2.45, 2.75) is 20.3 Å². The molecule has 1 aliphatic heterocycles. The quantitative estimate of drug-likeness (QED) is 0.611. The summed E-state index contributed by atoms with van der Waals surface area (Å²) >= 11 is 0. The van der Waals surface area contributed by atoms with Gasteiger partial charge in [-0.25, -0.2) is 9.44 Å². The van der Waals surface area contributed by atoms with E-state index in [9.17, 15) is 8.42 Å². The molecule has 0 aromatic carbocycles. The van der Waals surface area contributed by atoms with E-state index in [1.165, 1.54) is 0 Å². The maximum atomic E-state index is 11.3. The first kappa shape index (κ1) is 12.9. The molecule has 0 radical (unpaired) electrons. The van der Waals surface area contributed by atoms with E-state index in [-0.39, 0.29) is 0 Å². The molecule has 0 aromatic heterocycles. The third-order valence-electron chi connectivity index (χ3n) is 2.83. The zero-order valence-corrected chi connectivity index (χ0v) is 10.2. The van der Waals surface area contributed by atoms with Crippen molar-refractivity contribution in [1.82, 2.24) is 14.8 Å². The van der Waals surface area contributed by atoms with Crippen LogP contribution in [0.5, 0.6) is 0 Å². The maximum Gasteiger partial charge on any atom is 0.276 e. The fraction of sp³-hybridized carbons (Fsp3) is 1.00. The van der Waals surface area contributed by atoms with E-state index in [1.807, 2.05) is 0 Å². The van der Waals surface area contributed by atoms with Crippen LogP contribution in [0.3, 0.4) is 0 Å². The van der Waals surface area contributed by atoms with Crippen molar-refractivity contribution in [3.63, 3.8) is 0 Å². The molecule has 6 heteroatoms. The van der Waals surface area contributed by atoms with Gasteiger partial charge in [0.05, 0.1) is 0 Å². The summed E-state index contributed by atoms with van der Waals surface area (Å²) in [5.41, 5.74) is 0. The summed E-state index contributed by atoms with van der Waals surface area (Å²) in [6.07, 6.45) is 1.04. The molecule has 3 N–H and O–H groups in total. The fourth-order valence-corrected chi connectivity index (χ4v) is 2.75. The zero-order valence-electron chi connectivity index (χ0n) is 9.41. The van der Waals surface area contributed by atoms with Crippen molar-refractivity contribution in [3.8, 4) is 0 Å². The second kappa shape index (κ2) is 5.79. The van der Waals surface area contributed by atoms with Gasteiger partial charge in [0.25, 0.3) is 10.2 Å². The Labute approximate surface area is 92.2 Å². The monoisotopic (exact) mass is 235 g/mol. The van der Waals surface area contributed by atoms with Crippen LogP contribution in [-0.2, 0) is 10.2 Å². The molecule has 0 aromatic rings. The number of hydrogen-bond acceptors (Lipinski definition) is 3. The van der Waals surface area contributed by atoms with E-state index < -0.39 is 10.2 Å². The summed E-state index contributed by atoms with van der Waals surface area (Å²) in [4.78, 5) is 0. The highest BCUT2D eigenvalue weighted by Gasteiger charge is 2.22. The van der Waals surface area contributed by atoms with Crippen LogP contribution in [0.1, 0.15) is 20.3 Å². The summed E-state index contributed by atoms with van der Waals surface area (Å²) in [6.45, 7) is 6.85. The molecule has 0 spiro atoms. The van der Waals surface area contributed by atoms with Gasteiger partial charge in [0.2, 0.25) is 0 Å². The minimum absolute atomic E-state index is 0.428. The lowest BCUT2D eigenvalue weighted by molar-refractivity contribution is 0.274. The fourth-order valence-electron chi connectivity index (χ4n) is 1.83. The van der Waals surface area contributed by atoms with Gasteiger partial charge >= 0.3 is 0 Å². The third-order valence-corrected chi connectivity index (χ3v) is 4.05. The van der Waals surface area contributed by atoms with Gasteiger partial charge in [0.1, 0.15) is 0 Å². The second-order valence-electron chi connectivity index (χ2n) is 4.08. The second-order valence-corrected chi connectivity index (χ2v) is 5.66. The molecule has 0 aliphatic carbocycles. The van der Waals surface area contributed by atoms with E-state index in [1.54, 1.807) is 6.92 Å². The Morgan fingerprint density at radius 3 is 2.73 bits per heavy atom. The van der Waals surface area contributed by atoms with Gasteiger partial charge in [0, 0.05) is 13.1 Å². The summed E-state index contributed by atoms with van der Waals surface area (Å²) in [7, 11) is -3.27. The van der Waals surface area contributed by atoms with Gasteiger partial charge in [0.15, 0.2) is 0 Å². The molecule has 1 rings (SSSR count). The molecule has 0 bridgehead atoms. The highest BCUT2D eigenvalue weighted by Crippen LogP contribution is 2.17. The third kappa shape index (κ3) is 4.46. The Morgan fingerprint density at radius 1 is 1.40 bits per heavy atom. The SMILES string of the molecule is CCNS(=O)(=O)NCC1CCNCC1C. The minimum atomic E-state index is -3.27. The molecule has 1 aliphatic rings. The Kier molecular flexibility index (Phi) is 4.98. The van der Waals surface area contributed by atoms with E-state index in [4.69, 9.17) is 0 Å². The molecule has 0 amide bonds. The van der Waals surface area contributed by atoms with Crippen molar-refractivity contribution < 1.29 is 8.42 Å². The summed E-state index contributed by atoms with van der Waals surface area (Å²) in [6, 6.07) is 0. The lowest BCUT2D eigenvalue weighted by Gasteiger charge is -2.29. The first-order valence-electron chi connectivity index (χ1n) is 5.50. The van der Waals surface area contributed by atoms with Crippen LogP contribution in [0.4, 0.5) is 0 Å². The van der Waals surface area contributed by atoms with Crippen molar-refractivity contribution in [2.75, 3.05) is 26.2 Å². The van der Waals surface area contributed by atoms with Crippen molar-refractivity contribution in [1.29, 1.82) is 0 Å². The zero-order chi connectivity index (χ0) is 11.3. The van der Waals surface area contributed by atoms with Crippen LogP contribution < -0.4 is 14.8 Å². The predicted molar refractivity (Wildman–Crippen MR) is 60.7 cm³/mol. The van der Waals surface area contributed by atoms with E-state index in [0.717, 1.165) is 19.5 Å². The first-order valence-corrected chi connectivity index (χ1v) is 6.98. The van der Waals surface area contributed by atoms with Crippen LogP contribution in [0.2, 0.25) is 0 Å². The number of hydrogen-bond donors (Lipinski definition) is 3. The number of rotatable bonds is 5. The van der Waals surface area contributed by atoms with Crippen LogP contribution >= 0.6 is 0 Å². The average Bonchev–Trinajstić information content (AvgIpc) is 2.16. The topological polar surface area (TPSA) is 70.2 Å². The summed E-state index contributed by atoms with van der Waals surface area (Å²) in [5.74, 6) is 0.975. The lowest BCUT2D eigenvalue weighted by atomic mass is 9.88. The smallest absolute Gasteiger partial charge is 0.276 e. The Balaban J connectivity index is 2.35. The van der Waals surface area contributed by atoms with Crippen molar-refractivity contribution in [3.05, 3.63) is 0 Å². The van der Waals surface area contributed by atoms with Crippen molar-refractivity contribution >= 4 is 10.2 Å². The lowest BCUT2D eigenvalue weighted by Crippen LogP contribution is -2.44. The van der Waals surface area contributed by atoms with Gasteiger partial charge < -0.3 is 5.32 Å². The predicted octanol–water partition coefficient (Wildman–Crippen LogP) is -0.324. The molecule has 90 valence electrons. The Morgan fingerprint density at radius 2 is 2.13 bits per heavy atom. The van der Waals surface area contributed by atoms with Gasteiger partial charge in [-0.1, -0.05) is 13.8 Å². The maximum absolute atomic E-state index is 11.3. The van der Waals surface area contributed by atoms with E-state index in [2.05, 4.69) is 21.7 Å². The molecule has 1 heterocycles. The van der Waals surface area contributed by atoms with Crippen LogP contribution in [0, 0.1) is 11.8 Å². The molecule has 0 saturated carbocycles. The molecular weight excluding hydrogens is 214 g/mol.